The first kappa shape index (κ1) is 16.3. The zero-order valence-electron chi connectivity index (χ0n) is 13.5. The summed E-state index contributed by atoms with van der Waals surface area (Å²) in [5.41, 5.74) is 2.18. The molecule has 3 aromatic rings. The van der Waals surface area contributed by atoms with Crippen LogP contribution in [0.3, 0.4) is 0 Å². The molecule has 0 atom stereocenters. The van der Waals surface area contributed by atoms with Crippen molar-refractivity contribution in [3.63, 3.8) is 0 Å². The van der Waals surface area contributed by atoms with E-state index in [-0.39, 0.29) is 5.91 Å². The van der Waals surface area contributed by atoms with E-state index < -0.39 is 0 Å². The number of hydrogen-bond donors (Lipinski definition) is 1. The predicted molar refractivity (Wildman–Crippen MR) is 98.5 cm³/mol. The highest BCUT2D eigenvalue weighted by atomic mass is 32.1. The lowest BCUT2D eigenvalue weighted by Gasteiger charge is -2.04. The minimum Gasteiger partial charge on any atom is -0.494 e. The van der Waals surface area contributed by atoms with E-state index in [1.807, 2.05) is 73.7 Å². The van der Waals surface area contributed by atoms with Crippen LogP contribution in [0.15, 0.2) is 66.7 Å². The van der Waals surface area contributed by atoms with Crippen molar-refractivity contribution in [3.8, 4) is 16.2 Å². The minimum atomic E-state index is -0.0407. The molecule has 4 heteroatoms. The molecule has 122 valence electrons. The molecule has 0 saturated carbocycles. The summed E-state index contributed by atoms with van der Waals surface area (Å²) in [4.78, 5) is 14.1. The standard InChI is InChI=1S/C20H19NO2S/c1-2-23-17-10-8-16(9-11-17)18-12-13-19(24-18)20(22)21-14-15-6-4-3-5-7-15/h3-13H,2,14H2,1H3,(H,21,22). The van der Waals surface area contributed by atoms with E-state index in [1.54, 1.807) is 0 Å². The van der Waals surface area contributed by atoms with Gasteiger partial charge in [0.1, 0.15) is 5.75 Å². The monoisotopic (exact) mass is 337 g/mol. The van der Waals surface area contributed by atoms with Gasteiger partial charge in [-0.1, -0.05) is 30.3 Å². The Hall–Kier alpha value is -2.59. The molecule has 0 aliphatic carbocycles. The molecule has 1 N–H and O–H groups in total. The number of hydrogen-bond acceptors (Lipinski definition) is 3. The Balaban J connectivity index is 1.65. The molecule has 3 nitrogen and oxygen atoms in total. The first-order valence-electron chi connectivity index (χ1n) is 7.91. The van der Waals surface area contributed by atoms with E-state index in [2.05, 4.69) is 5.32 Å². The van der Waals surface area contributed by atoms with Crippen molar-refractivity contribution in [2.45, 2.75) is 13.5 Å². The van der Waals surface area contributed by atoms with Gasteiger partial charge in [0.05, 0.1) is 11.5 Å². The van der Waals surface area contributed by atoms with Crippen LogP contribution < -0.4 is 10.1 Å². The summed E-state index contributed by atoms with van der Waals surface area (Å²) >= 11 is 1.50. The highest BCUT2D eigenvalue weighted by Crippen LogP contribution is 2.29. The number of rotatable bonds is 6. The Morgan fingerprint density at radius 3 is 2.46 bits per heavy atom. The SMILES string of the molecule is CCOc1ccc(-c2ccc(C(=O)NCc3ccccc3)s2)cc1. The van der Waals surface area contributed by atoms with Crippen molar-refractivity contribution in [2.75, 3.05) is 6.61 Å². The molecule has 0 spiro atoms. The number of nitrogens with one attached hydrogen (secondary N) is 1. The predicted octanol–water partition coefficient (Wildman–Crippen LogP) is 4.74. The van der Waals surface area contributed by atoms with Gasteiger partial charge in [-0.3, -0.25) is 4.79 Å². The molecule has 0 aliphatic rings. The van der Waals surface area contributed by atoms with Crippen LogP contribution in [-0.2, 0) is 6.54 Å². The zero-order valence-corrected chi connectivity index (χ0v) is 14.3. The zero-order chi connectivity index (χ0) is 16.8. The third kappa shape index (κ3) is 4.03. The molecular formula is C20H19NO2S. The van der Waals surface area contributed by atoms with E-state index in [0.29, 0.717) is 13.2 Å². The van der Waals surface area contributed by atoms with E-state index in [9.17, 15) is 4.79 Å². The normalized spacial score (nSPS) is 10.4. The van der Waals surface area contributed by atoms with Gasteiger partial charge in [-0.05, 0) is 54.4 Å². The first-order valence-corrected chi connectivity index (χ1v) is 8.73. The van der Waals surface area contributed by atoms with Gasteiger partial charge in [0.15, 0.2) is 0 Å². The summed E-state index contributed by atoms with van der Waals surface area (Å²) in [7, 11) is 0. The summed E-state index contributed by atoms with van der Waals surface area (Å²) < 4.78 is 5.45. The molecule has 1 aromatic heterocycles. The number of thiophene rings is 1. The quantitative estimate of drug-likeness (QED) is 0.705. The van der Waals surface area contributed by atoms with Crippen molar-refractivity contribution in [1.82, 2.24) is 5.32 Å². The molecule has 1 amide bonds. The number of carbonyl (C=O) groups is 1. The van der Waals surface area contributed by atoms with Crippen LogP contribution >= 0.6 is 11.3 Å². The van der Waals surface area contributed by atoms with Crippen LogP contribution in [0.2, 0.25) is 0 Å². The Morgan fingerprint density at radius 1 is 1.00 bits per heavy atom. The third-order valence-corrected chi connectivity index (χ3v) is 4.71. The second-order valence-corrected chi connectivity index (χ2v) is 6.37. The fourth-order valence-electron chi connectivity index (χ4n) is 2.36. The maximum Gasteiger partial charge on any atom is 0.261 e. The largest absolute Gasteiger partial charge is 0.494 e. The van der Waals surface area contributed by atoms with E-state index >= 15 is 0 Å². The number of benzene rings is 2. The van der Waals surface area contributed by atoms with Gasteiger partial charge < -0.3 is 10.1 Å². The van der Waals surface area contributed by atoms with Crippen LogP contribution in [0.5, 0.6) is 5.75 Å². The van der Waals surface area contributed by atoms with Crippen LogP contribution in [0.1, 0.15) is 22.2 Å². The summed E-state index contributed by atoms with van der Waals surface area (Å²) in [5.74, 6) is 0.819. The lowest BCUT2D eigenvalue weighted by atomic mass is 10.2. The van der Waals surface area contributed by atoms with Gasteiger partial charge in [0.25, 0.3) is 5.91 Å². The number of amides is 1. The van der Waals surface area contributed by atoms with E-state index in [0.717, 1.165) is 26.6 Å². The first-order chi connectivity index (χ1) is 11.8. The molecule has 1 heterocycles. The summed E-state index contributed by atoms with van der Waals surface area (Å²) in [6, 6.07) is 21.7. The summed E-state index contributed by atoms with van der Waals surface area (Å²) in [5, 5.41) is 2.96. The Morgan fingerprint density at radius 2 is 1.75 bits per heavy atom. The van der Waals surface area contributed by atoms with Gasteiger partial charge in [-0.15, -0.1) is 11.3 Å². The van der Waals surface area contributed by atoms with Gasteiger partial charge in [0, 0.05) is 11.4 Å². The van der Waals surface area contributed by atoms with Crippen molar-refractivity contribution >= 4 is 17.2 Å². The van der Waals surface area contributed by atoms with Crippen molar-refractivity contribution in [3.05, 3.63) is 77.2 Å². The maximum absolute atomic E-state index is 12.3. The third-order valence-electron chi connectivity index (χ3n) is 3.58. The average molecular weight is 337 g/mol. The molecule has 0 unspecified atom stereocenters. The fourth-order valence-corrected chi connectivity index (χ4v) is 3.29. The van der Waals surface area contributed by atoms with Gasteiger partial charge in [-0.2, -0.15) is 0 Å². The second kappa shape index (κ2) is 7.79. The number of carbonyl (C=O) groups excluding carboxylic acids is 1. The van der Waals surface area contributed by atoms with E-state index in [4.69, 9.17) is 4.74 Å². The van der Waals surface area contributed by atoms with Crippen LogP contribution in [-0.4, -0.2) is 12.5 Å². The molecule has 0 radical (unpaired) electrons. The van der Waals surface area contributed by atoms with Gasteiger partial charge in [-0.25, -0.2) is 0 Å². The molecule has 0 saturated heterocycles. The summed E-state index contributed by atoms with van der Waals surface area (Å²) in [6.45, 7) is 3.16. The lowest BCUT2D eigenvalue weighted by molar-refractivity contribution is 0.0955. The Kier molecular flexibility index (Phi) is 5.29. The van der Waals surface area contributed by atoms with Crippen molar-refractivity contribution in [1.29, 1.82) is 0 Å². The summed E-state index contributed by atoms with van der Waals surface area (Å²) in [6.07, 6.45) is 0. The second-order valence-electron chi connectivity index (χ2n) is 5.29. The van der Waals surface area contributed by atoms with Gasteiger partial charge >= 0.3 is 0 Å². The molecule has 0 bridgehead atoms. The molecule has 2 aromatic carbocycles. The molecular weight excluding hydrogens is 318 g/mol. The topological polar surface area (TPSA) is 38.3 Å². The highest BCUT2D eigenvalue weighted by Gasteiger charge is 2.10. The smallest absolute Gasteiger partial charge is 0.261 e. The lowest BCUT2D eigenvalue weighted by Crippen LogP contribution is -2.21. The van der Waals surface area contributed by atoms with Crippen LogP contribution in [0.4, 0.5) is 0 Å². The Bertz CT molecular complexity index is 794. The average Bonchev–Trinajstić information content (AvgIpc) is 3.12. The maximum atomic E-state index is 12.3. The number of ether oxygens (including phenoxy) is 1. The molecule has 3 rings (SSSR count). The minimum absolute atomic E-state index is 0.0407. The fraction of sp³-hybridized carbons (Fsp3) is 0.150. The van der Waals surface area contributed by atoms with E-state index in [1.165, 1.54) is 11.3 Å². The molecule has 24 heavy (non-hydrogen) atoms. The molecule has 0 fully saturated rings. The van der Waals surface area contributed by atoms with Crippen molar-refractivity contribution < 1.29 is 9.53 Å². The highest BCUT2D eigenvalue weighted by molar-refractivity contribution is 7.17. The van der Waals surface area contributed by atoms with Gasteiger partial charge in [0.2, 0.25) is 0 Å². The Labute approximate surface area is 145 Å². The molecule has 0 aliphatic heterocycles. The van der Waals surface area contributed by atoms with Crippen LogP contribution in [0.25, 0.3) is 10.4 Å². The van der Waals surface area contributed by atoms with Crippen molar-refractivity contribution in [2.24, 2.45) is 0 Å². The van der Waals surface area contributed by atoms with Crippen LogP contribution in [0, 0.1) is 0 Å².